The van der Waals surface area contributed by atoms with E-state index in [2.05, 4.69) is 81.4 Å². The zero-order chi connectivity index (χ0) is 17.9. The highest BCUT2D eigenvalue weighted by atomic mass is 31.1. The minimum atomic E-state index is -0.552. The maximum Gasteiger partial charge on any atom is 0.0725 e. The van der Waals surface area contributed by atoms with Crippen LogP contribution in [0.15, 0.2) is 60.7 Å². The lowest BCUT2D eigenvalue weighted by Crippen LogP contribution is -2.49. The Bertz CT molecular complexity index is 615. The molecule has 3 unspecified atom stereocenters. The van der Waals surface area contributed by atoms with E-state index in [4.69, 9.17) is 0 Å². The fourth-order valence-electron chi connectivity index (χ4n) is 4.55. The molecule has 0 amide bonds. The molecule has 2 aromatic rings. The summed E-state index contributed by atoms with van der Waals surface area (Å²) in [6.45, 7) is 6.85. The number of rotatable bonds is 5. The van der Waals surface area contributed by atoms with E-state index in [1.165, 1.54) is 17.0 Å². The SMILES string of the molecule is CC1CCC(C(C)C)C(O)(CP(c2ccccc2)c2ccccc2)C1. The lowest BCUT2D eigenvalue weighted by Gasteiger charge is -2.46. The van der Waals surface area contributed by atoms with E-state index in [1.807, 2.05) is 0 Å². The van der Waals surface area contributed by atoms with Gasteiger partial charge in [0.15, 0.2) is 0 Å². The van der Waals surface area contributed by atoms with Gasteiger partial charge in [-0.2, -0.15) is 0 Å². The summed E-state index contributed by atoms with van der Waals surface area (Å²) in [7, 11) is -0.543. The number of aliphatic hydroxyl groups is 1. The molecule has 1 fully saturated rings. The van der Waals surface area contributed by atoms with Gasteiger partial charge in [0, 0.05) is 6.16 Å². The summed E-state index contributed by atoms with van der Waals surface area (Å²) in [6, 6.07) is 21.6. The van der Waals surface area contributed by atoms with Gasteiger partial charge in [-0.05, 0) is 49.1 Å². The van der Waals surface area contributed by atoms with E-state index >= 15 is 0 Å². The molecule has 0 aliphatic heterocycles. The van der Waals surface area contributed by atoms with Crippen molar-refractivity contribution in [1.82, 2.24) is 0 Å². The molecule has 1 aliphatic rings. The molecular weight excluding hydrogens is 323 g/mol. The van der Waals surface area contributed by atoms with Crippen LogP contribution in [0.3, 0.4) is 0 Å². The number of hydrogen-bond donors (Lipinski definition) is 1. The number of benzene rings is 2. The van der Waals surface area contributed by atoms with Gasteiger partial charge in [-0.3, -0.25) is 0 Å². The Labute approximate surface area is 154 Å². The maximum atomic E-state index is 11.8. The van der Waals surface area contributed by atoms with Crippen molar-refractivity contribution >= 4 is 18.5 Å². The summed E-state index contributed by atoms with van der Waals surface area (Å²) >= 11 is 0. The Balaban J connectivity index is 1.96. The average Bonchev–Trinajstić information content (AvgIpc) is 2.61. The van der Waals surface area contributed by atoms with Crippen LogP contribution in [0.4, 0.5) is 0 Å². The van der Waals surface area contributed by atoms with Crippen molar-refractivity contribution in [3.8, 4) is 0 Å². The predicted molar refractivity (Wildman–Crippen MR) is 110 cm³/mol. The van der Waals surface area contributed by atoms with Gasteiger partial charge in [-0.1, -0.05) is 87.9 Å². The fourth-order valence-corrected chi connectivity index (χ4v) is 7.19. The predicted octanol–water partition coefficient (Wildman–Crippen LogP) is 4.94. The van der Waals surface area contributed by atoms with Crippen LogP contribution >= 0.6 is 7.92 Å². The molecule has 0 bridgehead atoms. The molecule has 0 radical (unpaired) electrons. The first-order valence-electron chi connectivity index (χ1n) is 9.59. The number of hydrogen-bond acceptors (Lipinski definition) is 1. The van der Waals surface area contributed by atoms with Gasteiger partial charge in [0.05, 0.1) is 5.60 Å². The fraction of sp³-hybridized carbons (Fsp3) is 0.478. The first-order valence-corrected chi connectivity index (χ1v) is 11.1. The van der Waals surface area contributed by atoms with Crippen LogP contribution < -0.4 is 10.6 Å². The Morgan fingerprint density at radius 2 is 1.48 bits per heavy atom. The van der Waals surface area contributed by atoms with E-state index in [-0.39, 0.29) is 0 Å². The van der Waals surface area contributed by atoms with Gasteiger partial charge in [0.25, 0.3) is 0 Å². The lowest BCUT2D eigenvalue weighted by molar-refractivity contribution is -0.0615. The average molecular weight is 354 g/mol. The van der Waals surface area contributed by atoms with E-state index in [0.29, 0.717) is 17.8 Å². The monoisotopic (exact) mass is 354 g/mol. The van der Waals surface area contributed by atoms with Crippen LogP contribution in [0.2, 0.25) is 0 Å². The molecule has 1 aliphatic carbocycles. The van der Waals surface area contributed by atoms with Crippen LogP contribution in [0, 0.1) is 17.8 Å². The van der Waals surface area contributed by atoms with Crippen LogP contribution in [-0.4, -0.2) is 16.9 Å². The quantitative estimate of drug-likeness (QED) is 0.754. The van der Waals surface area contributed by atoms with Crippen molar-refractivity contribution in [2.45, 2.75) is 45.6 Å². The van der Waals surface area contributed by atoms with Crippen LogP contribution in [0.5, 0.6) is 0 Å². The molecule has 2 heteroatoms. The second kappa shape index (κ2) is 8.02. The second-order valence-corrected chi connectivity index (χ2v) is 10.3. The Morgan fingerprint density at radius 3 is 1.96 bits per heavy atom. The summed E-state index contributed by atoms with van der Waals surface area (Å²) in [5.74, 6) is 1.55. The molecule has 0 spiro atoms. The molecule has 0 heterocycles. The zero-order valence-corrected chi connectivity index (χ0v) is 16.6. The van der Waals surface area contributed by atoms with Crippen molar-refractivity contribution in [3.05, 3.63) is 60.7 Å². The molecule has 0 saturated heterocycles. The highest BCUT2D eigenvalue weighted by Crippen LogP contribution is 2.48. The van der Waals surface area contributed by atoms with Crippen molar-refractivity contribution in [3.63, 3.8) is 0 Å². The van der Waals surface area contributed by atoms with Crippen LogP contribution in [0.1, 0.15) is 40.0 Å². The minimum absolute atomic E-state index is 0.404. The van der Waals surface area contributed by atoms with Gasteiger partial charge < -0.3 is 5.11 Å². The molecular formula is C23H31OP. The molecule has 3 rings (SSSR count). The second-order valence-electron chi connectivity index (χ2n) is 8.10. The summed E-state index contributed by atoms with van der Waals surface area (Å²) in [6.07, 6.45) is 4.22. The van der Waals surface area contributed by atoms with Crippen LogP contribution in [0.25, 0.3) is 0 Å². The topological polar surface area (TPSA) is 20.2 Å². The molecule has 25 heavy (non-hydrogen) atoms. The van der Waals surface area contributed by atoms with Crippen molar-refractivity contribution in [2.75, 3.05) is 6.16 Å². The summed E-state index contributed by atoms with van der Waals surface area (Å²) in [4.78, 5) is 0. The lowest BCUT2D eigenvalue weighted by atomic mass is 9.68. The highest BCUT2D eigenvalue weighted by Gasteiger charge is 2.44. The Kier molecular flexibility index (Phi) is 5.97. The summed E-state index contributed by atoms with van der Waals surface area (Å²) in [5, 5.41) is 14.5. The summed E-state index contributed by atoms with van der Waals surface area (Å²) in [5.41, 5.74) is -0.552. The molecule has 2 aromatic carbocycles. The Hall–Kier alpha value is -1.17. The molecule has 1 saturated carbocycles. The highest BCUT2D eigenvalue weighted by molar-refractivity contribution is 7.73. The first-order chi connectivity index (χ1) is 12.0. The van der Waals surface area contributed by atoms with E-state index in [0.717, 1.165) is 19.0 Å². The zero-order valence-electron chi connectivity index (χ0n) is 15.7. The van der Waals surface area contributed by atoms with Gasteiger partial charge in [0.2, 0.25) is 0 Å². The van der Waals surface area contributed by atoms with Crippen LogP contribution in [-0.2, 0) is 0 Å². The minimum Gasteiger partial charge on any atom is -0.389 e. The van der Waals surface area contributed by atoms with Gasteiger partial charge in [-0.25, -0.2) is 0 Å². The van der Waals surface area contributed by atoms with Gasteiger partial charge in [-0.15, -0.1) is 0 Å². The third-order valence-electron chi connectivity index (χ3n) is 5.73. The third kappa shape index (κ3) is 4.33. The smallest absolute Gasteiger partial charge is 0.0725 e. The summed E-state index contributed by atoms with van der Waals surface area (Å²) < 4.78 is 0. The first kappa shape index (κ1) is 18.6. The molecule has 0 aromatic heterocycles. The standard InChI is InChI=1S/C23H31OP/c1-18(2)22-15-14-19(3)16-23(22,24)17-25(20-10-6-4-7-11-20)21-12-8-5-9-13-21/h4-13,18-19,22,24H,14-17H2,1-3H3. The molecule has 3 atom stereocenters. The van der Waals surface area contributed by atoms with Gasteiger partial charge >= 0.3 is 0 Å². The van der Waals surface area contributed by atoms with Crippen molar-refractivity contribution < 1.29 is 5.11 Å². The molecule has 1 nitrogen and oxygen atoms in total. The molecule has 1 N–H and O–H groups in total. The van der Waals surface area contributed by atoms with Gasteiger partial charge in [0.1, 0.15) is 0 Å². The van der Waals surface area contributed by atoms with Crippen molar-refractivity contribution in [1.29, 1.82) is 0 Å². The largest absolute Gasteiger partial charge is 0.389 e. The normalized spacial score (nSPS) is 27.0. The van der Waals surface area contributed by atoms with E-state index in [1.54, 1.807) is 0 Å². The Morgan fingerprint density at radius 1 is 0.960 bits per heavy atom. The van der Waals surface area contributed by atoms with Crippen molar-refractivity contribution in [2.24, 2.45) is 17.8 Å². The maximum absolute atomic E-state index is 11.8. The van der Waals surface area contributed by atoms with E-state index in [9.17, 15) is 5.11 Å². The van der Waals surface area contributed by atoms with E-state index < -0.39 is 13.5 Å². The molecule has 134 valence electrons. The third-order valence-corrected chi connectivity index (χ3v) is 8.44.